The Hall–Kier alpha value is -1.58. The van der Waals surface area contributed by atoms with Crippen molar-refractivity contribution in [3.05, 3.63) is 59.4 Å². The van der Waals surface area contributed by atoms with Crippen LogP contribution >= 0.6 is 0 Å². The number of hydrogen-bond donors (Lipinski definition) is 2. The van der Waals surface area contributed by atoms with E-state index in [2.05, 4.69) is 54.1 Å². The first-order valence-corrected chi connectivity index (χ1v) is 9.09. The Morgan fingerprint density at radius 3 is 2.21 bits per heavy atom. The van der Waals surface area contributed by atoms with Crippen molar-refractivity contribution in [1.82, 2.24) is 4.57 Å². The van der Waals surface area contributed by atoms with Gasteiger partial charge in [0, 0.05) is 24.0 Å². The third-order valence-electron chi connectivity index (χ3n) is 4.88. The molecule has 3 heteroatoms. The molecule has 0 saturated carbocycles. The fourth-order valence-electron chi connectivity index (χ4n) is 3.05. The minimum Gasteiger partial charge on any atom is -0.394 e. The Bertz CT molecular complexity index is 602. The largest absolute Gasteiger partial charge is 0.394 e. The number of aliphatic hydroxyl groups is 1. The lowest BCUT2D eigenvalue weighted by Gasteiger charge is -2.21. The molecule has 0 aliphatic heterocycles. The maximum absolute atomic E-state index is 9.26. The van der Waals surface area contributed by atoms with Crippen LogP contribution in [0.2, 0.25) is 0 Å². The Labute approximate surface area is 146 Å². The van der Waals surface area contributed by atoms with Crippen LogP contribution in [0, 0.1) is 0 Å². The molecule has 3 N–H and O–H groups in total. The van der Waals surface area contributed by atoms with Gasteiger partial charge < -0.3 is 15.4 Å². The lowest BCUT2D eigenvalue weighted by atomic mass is 9.97. The second-order valence-corrected chi connectivity index (χ2v) is 7.23. The van der Waals surface area contributed by atoms with Crippen LogP contribution < -0.4 is 5.73 Å². The van der Waals surface area contributed by atoms with Crippen LogP contribution in [0.25, 0.3) is 0 Å². The van der Waals surface area contributed by atoms with Gasteiger partial charge in [-0.15, -0.1) is 0 Å². The van der Waals surface area contributed by atoms with Gasteiger partial charge in [-0.3, -0.25) is 0 Å². The molecule has 0 fully saturated rings. The molecule has 1 heterocycles. The smallest absolute Gasteiger partial charge is 0.0608 e. The van der Waals surface area contributed by atoms with E-state index in [0.717, 1.165) is 19.3 Å². The molecule has 24 heavy (non-hydrogen) atoms. The van der Waals surface area contributed by atoms with Gasteiger partial charge in [0.1, 0.15) is 0 Å². The monoisotopic (exact) mass is 328 g/mol. The fraction of sp³-hybridized carbons (Fsp3) is 0.524. The maximum atomic E-state index is 9.26. The normalized spacial score (nSPS) is 13.8. The van der Waals surface area contributed by atoms with Crippen molar-refractivity contribution in [3.63, 3.8) is 0 Å². The summed E-state index contributed by atoms with van der Waals surface area (Å²) >= 11 is 0. The summed E-state index contributed by atoms with van der Waals surface area (Å²) in [6.45, 7) is 1.94. The lowest BCUT2D eigenvalue weighted by molar-refractivity contribution is 0.200. The summed E-state index contributed by atoms with van der Waals surface area (Å²) in [5.74, 6) is 0. The van der Waals surface area contributed by atoms with Crippen molar-refractivity contribution in [3.8, 4) is 0 Å². The van der Waals surface area contributed by atoms with Gasteiger partial charge in [-0.2, -0.15) is 0 Å². The highest BCUT2D eigenvalue weighted by atomic mass is 16.3. The summed E-state index contributed by atoms with van der Waals surface area (Å²) in [6.07, 6.45) is 7.77. The molecule has 0 amide bonds. The van der Waals surface area contributed by atoms with Crippen molar-refractivity contribution in [1.29, 1.82) is 0 Å². The number of unbranched alkanes of at least 4 members (excludes halogenated alkanes) is 2. The Balaban J connectivity index is 1.71. The zero-order chi connectivity index (χ0) is 17.4. The molecule has 0 saturated heterocycles. The second-order valence-electron chi connectivity index (χ2n) is 7.23. The van der Waals surface area contributed by atoms with Crippen molar-refractivity contribution < 1.29 is 5.11 Å². The van der Waals surface area contributed by atoms with E-state index in [0.29, 0.717) is 0 Å². The number of aliphatic hydroxyl groups excluding tert-OH is 1. The second kappa shape index (κ2) is 9.05. The zero-order valence-corrected chi connectivity index (χ0v) is 15.2. The summed E-state index contributed by atoms with van der Waals surface area (Å²) in [5, 5.41) is 9.26. The molecule has 3 nitrogen and oxygen atoms in total. The number of hydrogen-bond acceptors (Lipinski definition) is 2. The van der Waals surface area contributed by atoms with E-state index in [-0.39, 0.29) is 6.61 Å². The van der Waals surface area contributed by atoms with E-state index in [4.69, 9.17) is 5.73 Å². The number of aromatic nitrogens is 1. The summed E-state index contributed by atoms with van der Waals surface area (Å²) < 4.78 is 2.30. The van der Waals surface area contributed by atoms with Gasteiger partial charge in [-0.05, 0) is 63.1 Å². The van der Waals surface area contributed by atoms with E-state index in [1.165, 1.54) is 42.6 Å². The maximum Gasteiger partial charge on any atom is 0.0608 e. The predicted octanol–water partition coefficient (Wildman–Crippen LogP) is 3.62. The number of aryl methyl sites for hydroxylation is 3. The third-order valence-corrected chi connectivity index (χ3v) is 4.88. The van der Waals surface area contributed by atoms with Gasteiger partial charge in [-0.1, -0.05) is 36.8 Å². The van der Waals surface area contributed by atoms with Crippen LogP contribution in [0.3, 0.4) is 0 Å². The number of nitrogens with two attached hydrogens (primary N) is 1. The van der Waals surface area contributed by atoms with Crippen LogP contribution in [0.5, 0.6) is 0 Å². The molecular weight excluding hydrogens is 296 g/mol. The number of rotatable bonds is 10. The van der Waals surface area contributed by atoms with Crippen LogP contribution in [0.1, 0.15) is 49.6 Å². The average molecular weight is 329 g/mol. The first-order valence-electron chi connectivity index (χ1n) is 9.09. The summed E-state index contributed by atoms with van der Waals surface area (Å²) in [7, 11) is 2.14. The van der Waals surface area contributed by atoms with Gasteiger partial charge >= 0.3 is 0 Å². The first-order chi connectivity index (χ1) is 11.5. The van der Waals surface area contributed by atoms with Crippen molar-refractivity contribution in [2.75, 3.05) is 6.61 Å². The molecule has 132 valence electrons. The van der Waals surface area contributed by atoms with Gasteiger partial charge in [0.25, 0.3) is 0 Å². The standard InChI is InChI=1S/C21H32N2O/c1-21(22,17-24)16-15-20-14-13-19(23(20)2)12-8-4-7-11-18-9-5-3-6-10-18/h3,5-6,9-10,13-14,24H,4,7-8,11-12,15-17,22H2,1-2H3. The number of nitrogens with zero attached hydrogens (tertiary/aromatic N) is 1. The minimum atomic E-state index is -0.484. The molecule has 1 unspecified atom stereocenters. The van der Waals surface area contributed by atoms with E-state index in [1.54, 1.807) is 0 Å². The molecule has 0 radical (unpaired) electrons. The highest BCUT2D eigenvalue weighted by Gasteiger charge is 2.17. The highest BCUT2D eigenvalue weighted by molar-refractivity contribution is 5.17. The molecule has 1 atom stereocenters. The Morgan fingerprint density at radius 2 is 1.54 bits per heavy atom. The Morgan fingerprint density at radius 1 is 0.917 bits per heavy atom. The average Bonchev–Trinajstić information content (AvgIpc) is 2.94. The van der Waals surface area contributed by atoms with Gasteiger partial charge in [0.2, 0.25) is 0 Å². The summed E-state index contributed by atoms with van der Waals surface area (Å²) in [4.78, 5) is 0. The molecule has 0 aliphatic rings. The minimum absolute atomic E-state index is 0.0334. The molecule has 1 aromatic heterocycles. The van der Waals surface area contributed by atoms with E-state index < -0.39 is 5.54 Å². The Kier molecular flexibility index (Phi) is 7.07. The lowest BCUT2D eigenvalue weighted by Crippen LogP contribution is -2.40. The van der Waals surface area contributed by atoms with Gasteiger partial charge in [0.05, 0.1) is 6.61 Å². The molecule has 1 aromatic carbocycles. The summed E-state index contributed by atoms with van der Waals surface area (Å²) in [5.41, 5.74) is 9.68. The van der Waals surface area contributed by atoms with Gasteiger partial charge in [0.15, 0.2) is 0 Å². The quantitative estimate of drug-likeness (QED) is 0.655. The third kappa shape index (κ3) is 5.81. The zero-order valence-electron chi connectivity index (χ0n) is 15.2. The van der Waals surface area contributed by atoms with Crippen LogP contribution in [-0.4, -0.2) is 21.8 Å². The molecular formula is C21H32N2O. The SMILES string of the molecule is Cn1c(CCCCCc2ccccc2)ccc1CCC(C)(N)CO. The van der Waals surface area contributed by atoms with E-state index >= 15 is 0 Å². The van der Waals surface area contributed by atoms with Crippen LogP contribution in [-0.2, 0) is 26.3 Å². The molecule has 0 aliphatic carbocycles. The van der Waals surface area contributed by atoms with Crippen LogP contribution in [0.4, 0.5) is 0 Å². The first kappa shape index (κ1) is 18.8. The molecule has 2 aromatic rings. The van der Waals surface area contributed by atoms with Crippen molar-refractivity contribution in [2.24, 2.45) is 12.8 Å². The van der Waals surface area contributed by atoms with E-state index in [9.17, 15) is 5.11 Å². The molecule has 0 spiro atoms. The molecule has 2 rings (SSSR count). The fourth-order valence-corrected chi connectivity index (χ4v) is 3.05. The van der Waals surface area contributed by atoms with E-state index in [1.807, 2.05) is 6.92 Å². The highest BCUT2D eigenvalue weighted by Crippen LogP contribution is 2.16. The van der Waals surface area contributed by atoms with Crippen molar-refractivity contribution in [2.45, 2.75) is 57.4 Å². The van der Waals surface area contributed by atoms with Crippen LogP contribution in [0.15, 0.2) is 42.5 Å². The molecule has 0 bridgehead atoms. The van der Waals surface area contributed by atoms with Gasteiger partial charge in [-0.25, -0.2) is 0 Å². The predicted molar refractivity (Wildman–Crippen MR) is 101 cm³/mol. The topological polar surface area (TPSA) is 51.2 Å². The summed E-state index contributed by atoms with van der Waals surface area (Å²) in [6, 6.07) is 15.2. The van der Waals surface area contributed by atoms with Crippen molar-refractivity contribution >= 4 is 0 Å². The number of benzene rings is 1.